The van der Waals surface area contributed by atoms with Crippen molar-refractivity contribution in [2.75, 3.05) is 13.1 Å². The van der Waals surface area contributed by atoms with Gasteiger partial charge in [-0.1, -0.05) is 84.5 Å². The van der Waals surface area contributed by atoms with E-state index in [1.807, 2.05) is 0 Å². The molecule has 0 amide bonds. The number of unbranched alkanes of at least 4 members (excludes halogenated alkanes) is 6. The summed E-state index contributed by atoms with van der Waals surface area (Å²) in [7, 11) is 0. The van der Waals surface area contributed by atoms with E-state index in [9.17, 15) is 0 Å². The second-order valence-electron chi connectivity index (χ2n) is 7.16. The average molecular weight is 296 g/mol. The first-order valence-electron chi connectivity index (χ1n) is 10.1. The Bertz CT molecular complexity index is 194. The van der Waals surface area contributed by atoms with E-state index in [1.165, 1.54) is 109 Å². The number of hydrogen-bond acceptors (Lipinski definition) is 1. The van der Waals surface area contributed by atoms with Crippen LogP contribution in [0.5, 0.6) is 0 Å². The van der Waals surface area contributed by atoms with Gasteiger partial charge in [0.05, 0.1) is 0 Å². The summed E-state index contributed by atoms with van der Waals surface area (Å²) in [5.74, 6) is 0. The largest absolute Gasteiger partial charge is 0.300 e. The van der Waals surface area contributed by atoms with Crippen LogP contribution in [0.15, 0.2) is 0 Å². The van der Waals surface area contributed by atoms with Crippen molar-refractivity contribution < 1.29 is 0 Å². The fourth-order valence-corrected chi connectivity index (χ4v) is 3.76. The van der Waals surface area contributed by atoms with Gasteiger partial charge in [-0.05, 0) is 38.8 Å². The molecule has 1 saturated carbocycles. The summed E-state index contributed by atoms with van der Waals surface area (Å²) in [6.45, 7) is 7.38. The first-order chi connectivity index (χ1) is 10.4. The zero-order chi connectivity index (χ0) is 15.2. The van der Waals surface area contributed by atoms with E-state index < -0.39 is 0 Å². The van der Waals surface area contributed by atoms with Crippen molar-refractivity contribution in [3.63, 3.8) is 0 Å². The topological polar surface area (TPSA) is 3.24 Å². The normalized spacial score (nSPS) is 17.9. The highest BCUT2D eigenvalue weighted by Gasteiger charge is 2.18. The van der Waals surface area contributed by atoms with Crippen molar-refractivity contribution in [2.24, 2.45) is 0 Å². The summed E-state index contributed by atoms with van der Waals surface area (Å²) in [5, 5.41) is 0. The Balaban J connectivity index is 2.35. The van der Waals surface area contributed by atoms with E-state index in [1.54, 1.807) is 0 Å². The summed E-state index contributed by atoms with van der Waals surface area (Å²) < 4.78 is 0. The minimum atomic E-state index is 0.911. The highest BCUT2D eigenvalue weighted by atomic mass is 15.1. The molecular formula is C20H41N. The molecule has 0 saturated heterocycles. The summed E-state index contributed by atoms with van der Waals surface area (Å²) in [4.78, 5) is 2.89. The van der Waals surface area contributed by atoms with Crippen LogP contribution < -0.4 is 0 Å². The number of rotatable bonds is 11. The fraction of sp³-hybridized carbons (Fsp3) is 1.00. The van der Waals surface area contributed by atoms with E-state index in [2.05, 4.69) is 18.7 Å². The Labute approximate surface area is 134 Å². The second-order valence-corrected chi connectivity index (χ2v) is 7.16. The van der Waals surface area contributed by atoms with Gasteiger partial charge in [-0.15, -0.1) is 0 Å². The molecule has 0 bridgehead atoms. The van der Waals surface area contributed by atoms with Gasteiger partial charge in [-0.25, -0.2) is 0 Å². The smallest absolute Gasteiger partial charge is 0.00952 e. The van der Waals surface area contributed by atoms with Gasteiger partial charge in [-0.2, -0.15) is 0 Å². The summed E-state index contributed by atoms with van der Waals surface area (Å²) in [5.41, 5.74) is 0. The monoisotopic (exact) mass is 295 g/mol. The molecule has 0 aromatic carbocycles. The van der Waals surface area contributed by atoms with Crippen LogP contribution >= 0.6 is 0 Å². The highest BCUT2D eigenvalue weighted by Crippen LogP contribution is 2.22. The number of hydrogen-bond donors (Lipinski definition) is 0. The standard InChI is InChI=1S/C20H41N/c1-3-5-7-14-18-21(19-15-8-6-4-2)20-16-12-10-9-11-13-17-20/h20H,3-19H2,1-2H3. The van der Waals surface area contributed by atoms with E-state index in [0.717, 1.165) is 6.04 Å². The minimum Gasteiger partial charge on any atom is -0.300 e. The molecule has 0 N–H and O–H groups in total. The predicted molar refractivity (Wildman–Crippen MR) is 96.0 cm³/mol. The Hall–Kier alpha value is -0.0400. The van der Waals surface area contributed by atoms with Gasteiger partial charge in [0, 0.05) is 6.04 Å². The van der Waals surface area contributed by atoms with E-state index in [-0.39, 0.29) is 0 Å². The molecule has 1 heteroatoms. The molecule has 0 heterocycles. The van der Waals surface area contributed by atoms with Crippen LogP contribution in [-0.4, -0.2) is 24.0 Å². The maximum absolute atomic E-state index is 2.89. The van der Waals surface area contributed by atoms with Gasteiger partial charge in [0.2, 0.25) is 0 Å². The lowest BCUT2D eigenvalue weighted by Crippen LogP contribution is -2.37. The predicted octanol–water partition coefficient (Wildman–Crippen LogP) is 6.56. The van der Waals surface area contributed by atoms with Gasteiger partial charge in [-0.3, -0.25) is 0 Å². The van der Waals surface area contributed by atoms with E-state index in [4.69, 9.17) is 0 Å². The molecule has 1 fully saturated rings. The Morgan fingerprint density at radius 3 is 1.57 bits per heavy atom. The SMILES string of the molecule is CCCCCCN(CCCCCC)C1CCCCCCC1. The second kappa shape index (κ2) is 13.6. The molecule has 0 aromatic rings. The van der Waals surface area contributed by atoms with Gasteiger partial charge >= 0.3 is 0 Å². The summed E-state index contributed by atoms with van der Waals surface area (Å²) in [6.07, 6.45) is 21.7. The van der Waals surface area contributed by atoms with Crippen molar-refractivity contribution in [1.82, 2.24) is 4.90 Å². The van der Waals surface area contributed by atoms with Crippen LogP contribution in [0.1, 0.15) is 110 Å². The van der Waals surface area contributed by atoms with Crippen LogP contribution in [0.3, 0.4) is 0 Å². The molecule has 1 aliphatic rings. The lowest BCUT2D eigenvalue weighted by molar-refractivity contribution is 0.159. The van der Waals surface area contributed by atoms with E-state index in [0.29, 0.717) is 0 Å². The Morgan fingerprint density at radius 2 is 1.10 bits per heavy atom. The van der Waals surface area contributed by atoms with Gasteiger partial charge < -0.3 is 4.90 Å². The summed E-state index contributed by atoms with van der Waals surface area (Å²) >= 11 is 0. The molecule has 0 radical (unpaired) electrons. The van der Waals surface area contributed by atoms with Gasteiger partial charge in [0.1, 0.15) is 0 Å². The molecule has 0 spiro atoms. The quantitative estimate of drug-likeness (QED) is 0.390. The molecule has 0 unspecified atom stereocenters. The first-order valence-corrected chi connectivity index (χ1v) is 10.1. The van der Waals surface area contributed by atoms with Crippen molar-refractivity contribution in [3.05, 3.63) is 0 Å². The van der Waals surface area contributed by atoms with Crippen molar-refractivity contribution >= 4 is 0 Å². The van der Waals surface area contributed by atoms with E-state index >= 15 is 0 Å². The minimum absolute atomic E-state index is 0.911. The van der Waals surface area contributed by atoms with Crippen molar-refractivity contribution in [1.29, 1.82) is 0 Å². The third-order valence-corrected chi connectivity index (χ3v) is 5.19. The molecule has 0 aromatic heterocycles. The molecule has 0 aliphatic heterocycles. The van der Waals surface area contributed by atoms with Crippen LogP contribution in [-0.2, 0) is 0 Å². The maximum atomic E-state index is 2.89. The zero-order valence-corrected chi connectivity index (χ0v) is 15.0. The molecular weight excluding hydrogens is 254 g/mol. The Kier molecular flexibility index (Phi) is 12.3. The molecule has 21 heavy (non-hydrogen) atoms. The first kappa shape index (κ1) is 19.0. The van der Waals surface area contributed by atoms with Crippen LogP contribution in [0, 0.1) is 0 Å². The van der Waals surface area contributed by atoms with Crippen LogP contribution in [0.2, 0.25) is 0 Å². The van der Waals surface area contributed by atoms with Crippen molar-refractivity contribution in [3.8, 4) is 0 Å². The third kappa shape index (κ3) is 9.55. The lowest BCUT2D eigenvalue weighted by atomic mass is 9.95. The molecule has 126 valence electrons. The summed E-state index contributed by atoms with van der Waals surface area (Å²) in [6, 6.07) is 0.911. The average Bonchev–Trinajstić information content (AvgIpc) is 2.46. The Morgan fingerprint density at radius 1 is 0.619 bits per heavy atom. The molecule has 1 nitrogen and oxygen atoms in total. The zero-order valence-electron chi connectivity index (χ0n) is 15.0. The van der Waals surface area contributed by atoms with Gasteiger partial charge in [0.25, 0.3) is 0 Å². The molecule has 1 aliphatic carbocycles. The third-order valence-electron chi connectivity index (χ3n) is 5.19. The maximum Gasteiger partial charge on any atom is 0.00952 e. The highest BCUT2D eigenvalue weighted by molar-refractivity contribution is 4.74. The van der Waals surface area contributed by atoms with Crippen molar-refractivity contribution in [2.45, 2.75) is 116 Å². The van der Waals surface area contributed by atoms with Crippen LogP contribution in [0.4, 0.5) is 0 Å². The van der Waals surface area contributed by atoms with Gasteiger partial charge in [0.15, 0.2) is 0 Å². The molecule has 1 rings (SSSR count). The molecule has 0 atom stereocenters. The fourth-order valence-electron chi connectivity index (χ4n) is 3.76. The lowest BCUT2D eigenvalue weighted by Gasteiger charge is -2.33. The van der Waals surface area contributed by atoms with Crippen LogP contribution in [0.25, 0.3) is 0 Å². The number of nitrogens with zero attached hydrogens (tertiary/aromatic N) is 1.